The number of carbonyl (C=O) groups excluding carboxylic acids is 4. The zero-order valence-electron chi connectivity index (χ0n) is 18.4. The lowest BCUT2D eigenvalue weighted by molar-refractivity contribution is -0.150. The number of amides is 3. The fourth-order valence-electron chi connectivity index (χ4n) is 4.97. The van der Waals surface area contributed by atoms with Crippen molar-refractivity contribution < 1.29 is 19.2 Å². The number of primary amides is 1. The Bertz CT molecular complexity index is 835. The van der Waals surface area contributed by atoms with Gasteiger partial charge in [0.05, 0.1) is 12.6 Å². The van der Waals surface area contributed by atoms with Gasteiger partial charge < -0.3 is 15.5 Å². The van der Waals surface area contributed by atoms with Gasteiger partial charge >= 0.3 is 0 Å². The van der Waals surface area contributed by atoms with Gasteiger partial charge in [-0.1, -0.05) is 25.3 Å². The van der Waals surface area contributed by atoms with E-state index in [1.807, 2.05) is 13.8 Å². The summed E-state index contributed by atoms with van der Waals surface area (Å²) >= 11 is 0. The van der Waals surface area contributed by atoms with Crippen LogP contribution in [0.5, 0.6) is 0 Å². The van der Waals surface area contributed by atoms with E-state index in [4.69, 9.17) is 5.73 Å². The van der Waals surface area contributed by atoms with Gasteiger partial charge in [0.15, 0.2) is 5.78 Å². The normalized spacial score (nSPS) is 23.7. The number of carbonyl (C=O) groups is 4. The molecule has 2 atom stereocenters. The molecule has 1 aromatic heterocycles. The van der Waals surface area contributed by atoms with Crippen LogP contribution in [0.3, 0.4) is 0 Å². The van der Waals surface area contributed by atoms with Crippen LogP contribution < -0.4 is 5.73 Å². The summed E-state index contributed by atoms with van der Waals surface area (Å²) in [6, 6.07) is 4.26. The summed E-state index contributed by atoms with van der Waals surface area (Å²) in [6.07, 6.45) is 6.77. The third kappa shape index (κ3) is 5.11. The van der Waals surface area contributed by atoms with Crippen LogP contribution in [0, 0.1) is 0 Å². The Morgan fingerprint density at radius 1 is 1.19 bits per heavy atom. The van der Waals surface area contributed by atoms with Gasteiger partial charge in [-0.25, -0.2) is 0 Å². The van der Waals surface area contributed by atoms with Crippen LogP contribution in [0.1, 0.15) is 75.7 Å². The van der Waals surface area contributed by atoms with Crippen LogP contribution in [0.15, 0.2) is 24.4 Å². The molecule has 0 spiro atoms. The van der Waals surface area contributed by atoms with Crippen molar-refractivity contribution in [1.82, 2.24) is 14.8 Å². The molecule has 8 heteroatoms. The van der Waals surface area contributed by atoms with Gasteiger partial charge in [0.25, 0.3) is 5.91 Å². The van der Waals surface area contributed by atoms with E-state index in [0.717, 1.165) is 32.1 Å². The molecule has 0 bridgehead atoms. The summed E-state index contributed by atoms with van der Waals surface area (Å²) in [5, 5.41) is 0. The van der Waals surface area contributed by atoms with E-state index < -0.39 is 29.8 Å². The first-order valence-corrected chi connectivity index (χ1v) is 11.1. The first-order chi connectivity index (χ1) is 14.7. The van der Waals surface area contributed by atoms with Crippen molar-refractivity contribution in [2.75, 3.05) is 6.54 Å². The van der Waals surface area contributed by atoms with Crippen LogP contribution in [0.2, 0.25) is 0 Å². The third-order valence-electron chi connectivity index (χ3n) is 6.65. The van der Waals surface area contributed by atoms with Crippen molar-refractivity contribution in [1.29, 1.82) is 0 Å². The molecule has 1 aromatic rings. The van der Waals surface area contributed by atoms with E-state index in [0.29, 0.717) is 18.5 Å². The molecule has 0 radical (unpaired) electrons. The number of aromatic nitrogens is 1. The highest BCUT2D eigenvalue weighted by Crippen LogP contribution is 2.37. The number of likely N-dealkylation sites (tertiary alicyclic amines) is 1. The maximum atomic E-state index is 13.4. The van der Waals surface area contributed by atoms with Gasteiger partial charge in [-0.05, 0) is 51.7 Å². The zero-order valence-corrected chi connectivity index (χ0v) is 18.4. The van der Waals surface area contributed by atoms with Crippen molar-refractivity contribution >= 4 is 23.5 Å². The van der Waals surface area contributed by atoms with Crippen molar-refractivity contribution in [2.24, 2.45) is 5.73 Å². The maximum Gasteiger partial charge on any atom is 0.273 e. The minimum Gasteiger partial charge on any atom is -0.369 e. The minimum atomic E-state index is -0.698. The Morgan fingerprint density at radius 3 is 2.52 bits per heavy atom. The van der Waals surface area contributed by atoms with Gasteiger partial charge in [0, 0.05) is 17.8 Å². The summed E-state index contributed by atoms with van der Waals surface area (Å²) in [7, 11) is 0. The summed E-state index contributed by atoms with van der Waals surface area (Å²) in [4.78, 5) is 58.3. The number of hydrogen-bond acceptors (Lipinski definition) is 5. The molecule has 2 heterocycles. The van der Waals surface area contributed by atoms with Crippen molar-refractivity contribution in [2.45, 2.75) is 82.8 Å². The smallest absolute Gasteiger partial charge is 0.273 e. The Kier molecular flexibility index (Phi) is 7.08. The molecule has 1 saturated heterocycles. The standard InChI is InChI=1S/C23H32N4O4/c1-16-9-10-18(19(28)15-26(16)22(31)17-8-4-7-13-25-17)27(21(30)14-20(24)29)23(2)11-5-3-6-12-23/h4,7-8,13,16,18H,3,5-6,9-12,14-15H2,1-2H3,(H2,24,29)/t16-,18-/m0/s1. The molecule has 3 amide bonds. The van der Waals surface area contributed by atoms with Crippen LogP contribution in [-0.2, 0) is 14.4 Å². The molecule has 0 unspecified atom stereocenters. The monoisotopic (exact) mass is 428 g/mol. The zero-order chi connectivity index (χ0) is 22.6. The average Bonchev–Trinajstić information content (AvgIpc) is 2.87. The molecule has 2 N–H and O–H groups in total. The van der Waals surface area contributed by atoms with Gasteiger partial charge in [0.1, 0.15) is 12.1 Å². The first-order valence-electron chi connectivity index (χ1n) is 11.1. The molecule has 31 heavy (non-hydrogen) atoms. The topological polar surface area (TPSA) is 114 Å². The van der Waals surface area contributed by atoms with Crippen molar-refractivity contribution in [3.05, 3.63) is 30.1 Å². The number of hydrogen-bond donors (Lipinski definition) is 1. The van der Waals surface area contributed by atoms with Crippen LogP contribution in [-0.4, -0.2) is 62.5 Å². The van der Waals surface area contributed by atoms with Crippen molar-refractivity contribution in [3.8, 4) is 0 Å². The lowest BCUT2D eigenvalue weighted by Gasteiger charge is -2.47. The maximum absolute atomic E-state index is 13.4. The number of ketones is 1. The molecular formula is C23H32N4O4. The summed E-state index contributed by atoms with van der Waals surface area (Å²) in [6.45, 7) is 3.83. The summed E-state index contributed by atoms with van der Waals surface area (Å²) in [5.74, 6) is -1.57. The Hall–Kier alpha value is -2.77. The highest BCUT2D eigenvalue weighted by molar-refractivity contribution is 6.01. The summed E-state index contributed by atoms with van der Waals surface area (Å²) < 4.78 is 0. The van der Waals surface area contributed by atoms with Crippen LogP contribution in [0.4, 0.5) is 0 Å². The van der Waals surface area contributed by atoms with E-state index in [1.165, 1.54) is 0 Å². The molecule has 1 aliphatic carbocycles. The first kappa shape index (κ1) is 22.9. The molecule has 2 fully saturated rings. The number of nitrogens with two attached hydrogens (primary N) is 1. The second kappa shape index (κ2) is 9.58. The highest BCUT2D eigenvalue weighted by atomic mass is 16.2. The molecule has 3 rings (SSSR count). The number of pyridine rings is 1. The van der Waals surface area contributed by atoms with E-state index >= 15 is 0 Å². The van der Waals surface area contributed by atoms with E-state index in [-0.39, 0.29) is 24.3 Å². The van der Waals surface area contributed by atoms with Gasteiger partial charge in [0.2, 0.25) is 11.8 Å². The Labute approximate surface area is 183 Å². The molecule has 8 nitrogen and oxygen atoms in total. The third-order valence-corrected chi connectivity index (χ3v) is 6.65. The SMILES string of the molecule is C[C@H]1CC[C@H](N(C(=O)CC(N)=O)C2(C)CCCCC2)C(=O)CN1C(=O)c1ccccn1. The second-order valence-electron chi connectivity index (χ2n) is 9.02. The highest BCUT2D eigenvalue weighted by Gasteiger charge is 2.45. The lowest BCUT2D eigenvalue weighted by Crippen LogP contribution is -2.59. The number of rotatable bonds is 5. The molecule has 2 aliphatic rings. The Morgan fingerprint density at radius 2 is 1.90 bits per heavy atom. The van der Waals surface area contributed by atoms with Gasteiger partial charge in [-0.3, -0.25) is 24.2 Å². The van der Waals surface area contributed by atoms with Gasteiger partial charge in [-0.15, -0.1) is 0 Å². The molecule has 1 aliphatic heterocycles. The molecule has 1 saturated carbocycles. The van der Waals surface area contributed by atoms with Gasteiger partial charge in [-0.2, -0.15) is 0 Å². The van der Waals surface area contributed by atoms with Crippen LogP contribution in [0.25, 0.3) is 0 Å². The fourth-order valence-corrected chi connectivity index (χ4v) is 4.97. The minimum absolute atomic E-state index is 0.0856. The van der Waals surface area contributed by atoms with Crippen LogP contribution >= 0.6 is 0 Å². The van der Waals surface area contributed by atoms with E-state index in [1.54, 1.807) is 34.2 Å². The number of Topliss-reactive ketones (excluding diaryl/α,β-unsaturated/α-hetero) is 1. The quantitative estimate of drug-likeness (QED) is 0.721. The predicted octanol–water partition coefficient (Wildman–Crippen LogP) is 2.07. The Balaban J connectivity index is 1.88. The average molecular weight is 429 g/mol. The summed E-state index contributed by atoms with van der Waals surface area (Å²) in [5.41, 5.74) is 5.12. The lowest BCUT2D eigenvalue weighted by atomic mass is 9.80. The van der Waals surface area contributed by atoms with E-state index in [9.17, 15) is 19.2 Å². The molecular weight excluding hydrogens is 396 g/mol. The van der Waals surface area contributed by atoms with E-state index in [2.05, 4.69) is 4.98 Å². The molecule has 0 aromatic carbocycles. The fraction of sp³-hybridized carbons (Fsp3) is 0.609. The second-order valence-corrected chi connectivity index (χ2v) is 9.02. The van der Waals surface area contributed by atoms with Crippen molar-refractivity contribution in [3.63, 3.8) is 0 Å². The number of nitrogens with zero attached hydrogens (tertiary/aromatic N) is 3. The largest absolute Gasteiger partial charge is 0.369 e. The predicted molar refractivity (Wildman–Crippen MR) is 115 cm³/mol. The molecule has 168 valence electrons.